The fraction of sp³-hybridized carbons (Fsp3) is 0.200. The third-order valence-corrected chi connectivity index (χ3v) is 2.16. The first-order valence-electron chi connectivity index (χ1n) is 4.75. The normalized spacial score (nSPS) is 9.76. The summed E-state index contributed by atoms with van der Waals surface area (Å²) in [6.07, 6.45) is 1.30. The van der Waals surface area contributed by atoms with Crippen molar-refractivity contribution in [1.82, 2.24) is 20.2 Å². The Labute approximate surface area is 101 Å². The van der Waals surface area contributed by atoms with Crippen molar-refractivity contribution in [3.63, 3.8) is 0 Å². The van der Waals surface area contributed by atoms with Gasteiger partial charge in [-0.1, -0.05) is 11.6 Å². The van der Waals surface area contributed by atoms with Crippen molar-refractivity contribution >= 4 is 28.6 Å². The molecule has 0 aliphatic heterocycles. The number of fused-ring (bicyclic) bond motifs is 1. The van der Waals surface area contributed by atoms with Gasteiger partial charge in [0.05, 0.1) is 12.0 Å². The van der Waals surface area contributed by atoms with Gasteiger partial charge in [0.15, 0.2) is 5.65 Å². The van der Waals surface area contributed by atoms with Gasteiger partial charge in [-0.3, -0.25) is 5.10 Å². The Bertz CT molecular complexity index is 626. The van der Waals surface area contributed by atoms with Gasteiger partial charge >= 0.3 is 5.97 Å². The number of hydrogen-bond acceptors (Lipinski definition) is 5. The maximum absolute atomic E-state index is 11.1. The van der Waals surface area contributed by atoms with Gasteiger partial charge in [-0.15, -0.1) is 0 Å². The molecule has 17 heavy (non-hydrogen) atoms. The second-order valence-corrected chi connectivity index (χ2v) is 3.29. The molecule has 2 aromatic rings. The minimum Gasteiger partial charge on any atom is -0.456 e. The van der Waals surface area contributed by atoms with Crippen LogP contribution in [0.15, 0.2) is 6.33 Å². The number of esters is 1. The zero-order valence-electron chi connectivity index (χ0n) is 8.82. The molecule has 2 heterocycles. The number of hydrogen-bond donors (Lipinski definition) is 1. The van der Waals surface area contributed by atoms with Crippen molar-refractivity contribution in [3.8, 4) is 11.8 Å². The third kappa shape index (κ3) is 2.34. The molecule has 7 heteroatoms. The number of halogens is 1. The fourth-order valence-electron chi connectivity index (χ4n) is 1.19. The maximum Gasteiger partial charge on any atom is 0.384 e. The summed E-state index contributed by atoms with van der Waals surface area (Å²) in [4.78, 5) is 18.8. The van der Waals surface area contributed by atoms with Crippen LogP contribution in [0.5, 0.6) is 0 Å². The standard InChI is InChI=1S/C10H7ClN4O2/c1-2-17-7(16)4-3-6-8-9(11)12-5-13-10(8)15-14-6/h5H,2H2,1H3,(H,12,13,14,15). The van der Waals surface area contributed by atoms with Crippen LogP contribution in [0.1, 0.15) is 12.6 Å². The Kier molecular flexibility index (Phi) is 3.21. The van der Waals surface area contributed by atoms with E-state index in [0.717, 1.165) is 0 Å². The molecule has 0 aromatic carbocycles. The first-order valence-corrected chi connectivity index (χ1v) is 5.13. The highest BCUT2D eigenvalue weighted by Crippen LogP contribution is 2.19. The van der Waals surface area contributed by atoms with E-state index in [1.165, 1.54) is 6.33 Å². The van der Waals surface area contributed by atoms with Crippen LogP contribution in [-0.4, -0.2) is 32.7 Å². The lowest BCUT2D eigenvalue weighted by Gasteiger charge is -1.91. The molecule has 2 aromatic heterocycles. The van der Waals surface area contributed by atoms with E-state index in [4.69, 9.17) is 11.6 Å². The number of aromatic nitrogens is 4. The second kappa shape index (κ2) is 4.80. The minimum absolute atomic E-state index is 0.233. The molecular weight excluding hydrogens is 244 g/mol. The zero-order chi connectivity index (χ0) is 12.3. The monoisotopic (exact) mass is 250 g/mol. The molecule has 86 valence electrons. The van der Waals surface area contributed by atoms with Gasteiger partial charge in [0.1, 0.15) is 17.2 Å². The SMILES string of the molecule is CCOC(=O)C#Cc1[nH]nc2ncnc(Cl)c12. The fourth-order valence-corrected chi connectivity index (χ4v) is 1.41. The van der Waals surface area contributed by atoms with E-state index in [1.807, 2.05) is 0 Å². The summed E-state index contributed by atoms with van der Waals surface area (Å²) < 4.78 is 4.67. The predicted molar refractivity (Wildman–Crippen MR) is 60.2 cm³/mol. The minimum atomic E-state index is -0.608. The van der Waals surface area contributed by atoms with Crippen LogP contribution >= 0.6 is 11.6 Å². The smallest absolute Gasteiger partial charge is 0.384 e. The van der Waals surface area contributed by atoms with Crippen LogP contribution in [0.3, 0.4) is 0 Å². The van der Waals surface area contributed by atoms with Gasteiger partial charge in [-0.25, -0.2) is 14.8 Å². The zero-order valence-corrected chi connectivity index (χ0v) is 9.58. The van der Waals surface area contributed by atoms with Gasteiger partial charge in [0.2, 0.25) is 0 Å². The first kappa shape index (κ1) is 11.4. The molecule has 0 aliphatic rings. The average molecular weight is 251 g/mol. The first-order chi connectivity index (χ1) is 8.22. The van der Waals surface area contributed by atoms with Gasteiger partial charge in [0, 0.05) is 5.92 Å². The molecule has 0 aliphatic carbocycles. The van der Waals surface area contributed by atoms with E-state index in [9.17, 15) is 4.79 Å². The van der Waals surface area contributed by atoms with Crippen LogP contribution in [0.25, 0.3) is 11.0 Å². The molecule has 0 amide bonds. The Balaban J connectivity index is 2.40. The summed E-state index contributed by atoms with van der Waals surface area (Å²) in [5.74, 6) is 4.29. The van der Waals surface area contributed by atoms with Gasteiger partial charge in [0.25, 0.3) is 0 Å². The summed E-state index contributed by atoms with van der Waals surface area (Å²) in [5, 5.41) is 7.25. The third-order valence-electron chi connectivity index (χ3n) is 1.87. The van der Waals surface area contributed by atoms with Crippen LogP contribution in [0, 0.1) is 11.8 Å². The van der Waals surface area contributed by atoms with Crippen LogP contribution in [0.4, 0.5) is 0 Å². The molecule has 0 fully saturated rings. The summed E-state index contributed by atoms with van der Waals surface area (Å²) in [6.45, 7) is 1.98. The Morgan fingerprint density at radius 2 is 2.41 bits per heavy atom. The van der Waals surface area contributed by atoms with Crippen LogP contribution in [-0.2, 0) is 9.53 Å². The lowest BCUT2D eigenvalue weighted by Crippen LogP contribution is -1.99. The highest BCUT2D eigenvalue weighted by atomic mass is 35.5. The van der Waals surface area contributed by atoms with Crippen molar-refractivity contribution < 1.29 is 9.53 Å². The van der Waals surface area contributed by atoms with E-state index in [1.54, 1.807) is 6.92 Å². The number of nitrogens with zero attached hydrogens (tertiary/aromatic N) is 3. The number of rotatable bonds is 1. The summed E-state index contributed by atoms with van der Waals surface area (Å²) in [5.41, 5.74) is 0.789. The molecule has 2 rings (SSSR count). The number of carbonyl (C=O) groups excluding carboxylic acids is 1. The summed E-state index contributed by atoms with van der Waals surface area (Å²) in [7, 11) is 0. The Hall–Kier alpha value is -2.13. The number of aromatic amines is 1. The molecule has 0 saturated heterocycles. The molecule has 6 nitrogen and oxygen atoms in total. The van der Waals surface area contributed by atoms with Crippen molar-refractivity contribution in [2.24, 2.45) is 0 Å². The molecular formula is C10H7ClN4O2. The van der Waals surface area contributed by atoms with Crippen LogP contribution < -0.4 is 0 Å². The molecule has 0 unspecified atom stereocenters. The lowest BCUT2D eigenvalue weighted by atomic mass is 10.3. The van der Waals surface area contributed by atoms with E-state index in [0.29, 0.717) is 16.7 Å². The Morgan fingerprint density at radius 1 is 1.59 bits per heavy atom. The molecule has 0 bridgehead atoms. The molecule has 0 saturated carbocycles. The van der Waals surface area contributed by atoms with E-state index in [-0.39, 0.29) is 11.8 Å². The van der Waals surface area contributed by atoms with Crippen molar-refractivity contribution in [2.45, 2.75) is 6.92 Å². The van der Waals surface area contributed by atoms with Crippen molar-refractivity contribution in [3.05, 3.63) is 17.2 Å². The quantitative estimate of drug-likeness (QED) is 0.462. The number of nitrogens with one attached hydrogen (secondary N) is 1. The predicted octanol–water partition coefficient (Wildman–Crippen LogP) is 0.921. The number of H-pyrrole nitrogens is 1. The summed E-state index contributed by atoms with van der Waals surface area (Å²) in [6, 6.07) is 0. The largest absolute Gasteiger partial charge is 0.456 e. The van der Waals surface area contributed by atoms with Gasteiger partial charge < -0.3 is 4.74 Å². The van der Waals surface area contributed by atoms with Crippen molar-refractivity contribution in [2.75, 3.05) is 6.61 Å². The van der Waals surface area contributed by atoms with Gasteiger partial charge in [-0.05, 0) is 12.8 Å². The number of carbonyl (C=O) groups is 1. The molecule has 1 N–H and O–H groups in total. The molecule has 0 radical (unpaired) electrons. The summed E-state index contributed by atoms with van der Waals surface area (Å²) >= 11 is 5.88. The van der Waals surface area contributed by atoms with Crippen molar-refractivity contribution in [1.29, 1.82) is 0 Å². The van der Waals surface area contributed by atoms with E-state index < -0.39 is 5.97 Å². The molecule has 0 atom stereocenters. The molecule has 0 spiro atoms. The average Bonchev–Trinajstić information content (AvgIpc) is 2.71. The second-order valence-electron chi connectivity index (χ2n) is 2.93. The van der Waals surface area contributed by atoms with E-state index in [2.05, 4.69) is 36.7 Å². The highest BCUT2D eigenvalue weighted by molar-refractivity contribution is 6.34. The maximum atomic E-state index is 11.1. The van der Waals surface area contributed by atoms with Crippen LogP contribution in [0.2, 0.25) is 5.15 Å². The lowest BCUT2D eigenvalue weighted by molar-refractivity contribution is -0.136. The Morgan fingerprint density at radius 3 is 3.18 bits per heavy atom. The topological polar surface area (TPSA) is 80.8 Å². The van der Waals surface area contributed by atoms with E-state index >= 15 is 0 Å². The number of ether oxygens (including phenoxy) is 1. The van der Waals surface area contributed by atoms with Gasteiger partial charge in [-0.2, -0.15) is 5.10 Å². The highest BCUT2D eigenvalue weighted by Gasteiger charge is 2.09.